The van der Waals surface area contributed by atoms with E-state index >= 15 is 0 Å². The van der Waals surface area contributed by atoms with Gasteiger partial charge in [0.25, 0.3) is 0 Å². The highest BCUT2D eigenvalue weighted by Crippen LogP contribution is 2.30. The predicted octanol–water partition coefficient (Wildman–Crippen LogP) is 2.71. The summed E-state index contributed by atoms with van der Waals surface area (Å²) < 4.78 is 0.753. The van der Waals surface area contributed by atoms with Crippen molar-refractivity contribution in [2.24, 2.45) is 11.7 Å². The van der Waals surface area contributed by atoms with E-state index in [2.05, 4.69) is 35.4 Å². The van der Waals surface area contributed by atoms with Crippen molar-refractivity contribution in [1.29, 1.82) is 0 Å². The lowest BCUT2D eigenvalue weighted by atomic mass is 9.96. The third-order valence-corrected chi connectivity index (χ3v) is 6.78. The minimum Gasteiger partial charge on any atom is -0.369 e. The molecule has 7 nitrogen and oxygen atoms in total. The molecule has 27 heavy (non-hydrogen) atoms. The lowest BCUT2D eigenvalue weighted by Crippen LogP contribution is -2.42. The molecule has 3 N–H and O–H groups in total. The van der Waals surface area contributed by atoms with E-state index in [1.807, 2.05) is 12.1 Å². The third kappa shape index (κ3) is 4.98. The van der Waals surface area contributed by atoms with Gasteiger partial charge in [0.1, 0.15) is 0 Å². The van der Waals surface area contributed by atoms with E-state index in [9.17, 15) is 9.59 Å². The van der Waals surface area contributed by atoms with Crippen molar-refractivity contribution in [2.45, 2.75) is 31.0 Å². The number of carbonyl (C=O) groups is 2. The van der Waals surface area contributed by atoms with Gasteiger partial charge in [-0.2, -0.15) is 0 Å². The number of primary amides is 1. The van der Waals surface area contributed by atoms with Crippen molar-refractivity contribution in [3.8, 4) is 0 Å². The van der Waals surface area contributed by atoms with Gasteiger partial charge in [0.15, 0.2) is 4.34 Å². The highest BCUT2D eigenvalue weighted by molar-refractivity contribution is 8.01. The molecule has 0 atom stereocenters. The molecule has 0 unspecified atom stereocenters. The molecule has 2 heterocycles. The molecule has 0 bridgehead atoms. The quantitative estimate of drug-likeness (QED) is 0.717. The summed E-state index contributed by atoms with van der Waals surface area (Å²) in [7, 11) is 0. The van der Waals surface area contributed by atoms with Crippen LogP contribution in [0.2, 0.25) is 0 Å². The van der Waals surface area contributed by atoms with Gasteiger partial charge in [-0.3, -0.25) is 9.59 Å². The number of carbonyl (C=O) groups excluding carboxylic acids is 2. The van der Waals surface area contributed by atoms with Crippen molar-refractivity contribution < 1.29 is 9.59 Å². The van der Waals surface area contributed by atoms with Gasteiger partial charge in [-0.05, 0) is 43.9 Å². The molecule has 3 rings (SSSR count). The molecule has 1 aliphatic heterocycles. The molecule has 0 saturated carbocycles. The Balaban J connectivity index is 1.50. The molecule has 0 aliphatic carbocycles. The number of nitrogens with two attached hydrogens (primary N) is 1. The first-order valence-corrected chi connectivity index (χ1v) is 10.6. The second-order valence-corrected chi connectivity index (χ2v) is 8.79. The second kappa shape index (κ2) is 8.71. The van der Waals surface area contributed by atoms with E-state index in [-0.39, 0.29) is 17.7 Å². The van der Waals surface area contributed by atoms with Crippen molar-refractivity contribution in [1.82, 2.24) is 15.1 Å². The number of piperidine rings is 1. The summed E-state index contributed by atoms with van der Waals surface area (Å²) in [4.78, 5) is 25.4. The molecule has 9 heteroatoms. The monoisotopic (exact) mass is 405 g/mol. The van der Waals surface area contributed by atoms with Gasteiger partial charge >= 0.3 is 0 Å². The van der Waals surface area contributed by atoms with Crippen LogP contribution in [-0.4, -0.2) is 45.8 Å². The van der Waals surface area contributed by atoms with Crippen LogP contribution in [0.25, 0.3) is 0 Å². The number of anilines is 2. The molecule has 2 aromatic rings. The number of likely N-dealkylation sites (tertiary alicyclic amines) is 1. The van der Waals surface area contributed by atoms with Crippen LogP contribution in [0.15, 0.2) is 22.5 Å². The first-order valence-electron chi connectivity index (χ1n) is 8.80. The predicted molar refractivity (Wildman–Crippen MR) is 108 cm³/mol. The largest absolute Gasteiger partial charge is 0.369 e. The smallest absolute Gasteiger partial charge is 0.233 e. The van der Waals surface area contributed by atoms with E-state index < -0.39 is 0 Å². The van der Waals surface area contributed by atoms with E-state index in [1.54, 1.807) is 4.90 Å². The van der Waals surface area contributed by atoms with Gasteiger partial charge in [0.2, 0.25) is 16.9 Å². The van der Waals surface area contributed by atoms with Crippen molar-refractivity contribution >= 4 is 45.7 Å². The van der Waals surface area contributed by atoms with Crippen LogP contribution in [0.5, 0.6) is 0 Å². The number of hydrogen-bond donors (Lipinski definition) is 2. The Hall–Kier alpha value is -2.13. The maximum absolute atomic E-state index is 12.4. The number of amides is 2. The fourth-order valence-corrected chi connectivity index (χ4v) is 4.62. The van der Waals surface area contributed by atoms with Crippen LogP contribution in [0.4, 0.5) is 10.8 Å². The Morgan fingerprint density at radius 3 is 2.74 bits per heavy atom. The summed E-state index contributed by atoms with van der Waals surface area (Å²) in [6.07, 6.45) is 1.29. The van der Waals surface area contributed by atoms with Crippen LogP contribution >= 0.6 is 23.1 Å². The Kier molecular flexibility index (Phi) is 6.33. The number of rotatable bonds is 6. The van der Waals surface area contributed by atoms with Gasteiger partial charge in [-0.15, -0.1) is 10.2 Å². The van der Waals surface area contributed by atoms with Crippen molar-refractivity contribution in [3.05, 3.63) is 29.3 Å². The summed E-state index contributed by atoms with van der Waals surface area (Å²) in [5.41, 5.74) is 8.73. The minimum absolute atomic E-state index is 0.0576. The van der Waals surface area contributed by atoms with Gasteiger partial charge in [0.05, 0.1) is 5.75 Å². The highest BCUT2D eigenvalue weighted by atomic mass is 32.2. The number of aromatic nitrogens is 2. The Labute approximate surface area is 166 Å². The molecule has 1 aromatic heterocycles. The van der Waals surface area contributed by atoms with E-state index in [0.717, 1.165) is 10.0 Å². The average Bonchev–Trinajstić information content (AvgIpc) is 3.11. The summed E-state index contributed by atoms with van der Waals surface area (Å²) >= 11 is 2.82. The molecule has 2 amide bonds. The van der Waals surface area contributed by atoms with Crippen LogP contribution in [0, 0.1) is 19.8 Å². The molecular formula is C18H23N5O2S2. The third-order valence-electron chi connectivity index (χ3n) is 4.82. The fourth-order valence-electron chi connectivity index (χ4n) is 2.95. The lowest BCUT2D eigenvalue weighted by Gasteiger charge is -2.30. The number of benzene rings is 1. The van der Waals surface area contributed by atoms with Crippen LogP contribution in [0.1, 0.15) is 24.0 Å². The Morgan fingerprint density at radius 1 is 1.30 bits per heavy atom. The van der Waals surface area contributed by atoms with Gasteiger partial charge < -0.3 is 16.0 Å². The molecule has 144 valence electrons. The first-order chi connectivity index (χ1) is 12.9. The molecule has 1 aromatic carbocycles. The maximum atomic E-state index is 12.4. The molecular weight excluding hydrogens is 382 g/mol. The van der Waals surface area contributed by atoms with Crippen LogP contribution < -0.4 is 11.1 Å². The fraction of sp³-hybridized carbons (Fsp3) is 0.444. The second-order valence-electron chi connectivity index (χ2n) is 6.59. The number of hydrogen-bond acceptors (Lipinski definition) is 7. The number of aryl methyl sites for hydroxylation is 1. The van der Waals surface area contributed by atoms with Gasteiger partial charge in [-0.25, -0.2) is 0 Å². The molecule has 0 radical (unpaired) electrons. The van der Waals surface area contributed by atoms with Gasteiger partial charge in [0, 0.05) is 24.7 Å². The van der Waals surface area contributed by atoms with Crippen LogP contribution in [-0.2, 0) is 9.59 Å². The van der Waals surface area contributed by atoms with Crippen molar-refractivity contribution in [2.75, 3.05) is 24.2 Å². The normalized spacial score (nSPS) is 15.0. The van der Waals surface area contributed by atoms with Crippen molar-refractivity contribution in [3.63, 3.8) is 0 Å². The molecule has 0 spiro atoms. The molecule has 1 aliphatic rings. The number of thioether (sulfide) groups is 1. The standard InChI is InChI=1S/C18H23N5O2S2/c1-11-4-3-5-14(12(11)2)20-17-21-22-18(27-17)26-10-15(24)23-8-6-13(7-9-23)16(19)25/h3-5,13H,6-10H2,1-2H3,(H2,19,25)(H,20,21). The first kappa shape index (κ1) is 19.6. The molecule has 1 saturated heterocycles. The topological polar surface area (TPSA) is 101 Å². The molecule has 1 fully saturated rings. The van der Waals surface area contributed by atoms with Gasteiger partial charge in [-0.1, -0.05) is 35.2 Å². The SMILES string of the molecule is Cc1cccc(Nc2nnc(SCC(=O)N3CCC(C(N)=O)CC3)s2)c1C. The lowest BCUT2D eigenvalue weighted by molar-refractivity contribution is -0.132. The number of nitrogens with one attached hydrogen (secondary N) is 1. The average molecular weight is 406 g/mol. The summed E-state index contributed by atoms with van der Waals surface area (Å²) in [5.74, 6) is -0.000700. The van der Waals surface area contributed by atoms with Crippen LogP contribution in [0.3, 0.4) is 0 Å². The Bertz CT molecular complexity index is 831. The zero-order valence-corrected chi connectivity index (χ0v) is 17.0. The highest BCUT2D eigenvalue weighted by Gasteiger charge is 2.25. The summed E-state index contributed by atoms with van der Waals surface area (Å²) in [6.45, 7) is 5.30. The summed E-state index contributed by atoms with van der Waals surface area (Å²) in [5, 5.41) is 12.3. The van der Waals surface area contributed by atoms with E-state index in [1.165, 1.54) is 34.2 Å². The maximum Gasteiger partial charge on any atom is 0.233 e. The minimum atomic E-state index is -0.269. The summed E-state index contributed by atoms with van der Waals surface area (Å²) in [6, 6.07) is 6.08. The Morgan fingerprint density at radius 2 is 2.04 bits per heavy atom. The van der Waals surface area contributed by atoms with E-state index in [4.69, 9.17) is 5.73 Å². The van der Waals surface area contributed by atoms with E-state index in [0.29, 0.717) is 36.8 Å². The number of nitrogens with zero attached hydrogens (tertiary/aromatic N) is 3. The zero-order chi connectivity index (χ0) is 19.4. The zero-order valence-electron chi connectivity index (χ0n) is 15.4.